The summed E-state index contributed by atoms with van der Waals surface area (Å²) in [6.07, 6.45) is 0.316. The van der Waals surface area contributed by atoms with Crippen LogP contribution in [0.5, 0.6) is 11.5 Å². The number of aromatic hydroxyl groups is 1. The molecule has 6 nitrogen and oxygen atoms in total. The molecule has 0 atom stereocenters. The van der Waals surface area contributed by atoms with E-state index in [4.69, 9.17) is 4.74 Å². The normalized spacial score (nSPS) is 10.6. The number of aromatic nitrogens is 3. The molecule has 1 N–H and O–H groups in total. The number of ether oxygens (including phenoxy) is 1. The van der Waals surface area contributed by atoms with Gasteiger partial charge in [0.25, 0.3) is 0 Å². The zero-order chi connectivity index (χ0) is 21.6. The minimum Gasteiger partial charge on any atom is -0.507 e. The van der Waals surface area contributed by atoms with Crippen molar-refractivity contribution in [1.29, 1.82) is 0 Å². The van der Waals surface area contributed by atoms with Crippen LogP contribution in [-0.4, -0.2) is 32.4 Å². The van der Waals surface area contributed by atoms with E-state index in [0.717, 1.165) is 11.1 Å². The molecule has 6 heteroatoms. The van der Waals surface area contributed by atoms with Crippen molar-refractivity contribution >= 4 is 5.78 Å². The first-order valence-corrected chi connectivity index (χ1v) is 9.93. The van der Waals surface area contributed by atoms with E-state index in [-0.39, 0.29) is 18.1 Å². The van der Waals surface area contributed by atoms with Gasteiger partial charge in [-0.2, -0.15) is 0 Å². The van der Waals surface area contributed by atoms with E-state index in [1.807, 2.05) is 60.7 Å². The van der Waals surface area contributed by atoms with Gasteiger partial charge in [-0.1, -0.05) is 60.7 Å². The van der Waals surface area contributed by atoms with Gasteiger partial charge in [0.2, 0.25) is 0 Å². The number of rotatable bonds is 7. The van der Waals surface area contributed by atoms with Crippen LogP contribution < -0.4 is 4.74 Å². The summed E-state index contributed by atoms with van der Waals surface area (Å²) in [6, 6.07) is 24.2. The Morgan fingerprint density at radius 1 is 0.806 bits per heavy atom. The van der Waals surface area contributed by atoms with Crippen molar-refractivity contribution < 1.29 is 14.6 Å². The number of carbonyl (C=O) groups is 1. The quantitative estimate of drug-likeness (QED) is 0.464. The van der Waals surface area contributed by atoms with E-state index in [1.165, 1.54) is 13.0 Å². The van der Waals surface area contributed by atoms with Crippen LogP contribution in [-0.2, 0) is 4.79 Å². The van der Waals surface area contributed by atoms with Crippen molar-refractivity contribution in [2.75, 3.05) is 6.61 Å². The zero-order valence-corrected chi connectivity index (χ0v) is 17.0. The summed E-state index contributed by atoms with van der Waals surface area (Å²) in [5, 5.41) is 10.6. The Morgan fingerprint density at radius 3 is 1.87 bits per heavy atom. The van der Waals surface area contributed by atoms with Crippen molar-refractivity contribution in [2.24, 2.45) is 0 Å². The number of hydrogen-bond acceptors (Lipinski definition) is 6. The highest BCUT2D eigenvalue weighted by molar-refractivity contribution is 5.75. The van der Waals surface area contributed by atoms with Crippen molar-refractivity contribution in [1.82, 2.24) is 15.0 Å². The summed E-state index contributed by atoms with van der Waals surface area (Å²) >= 11 is 0. The van der Waals surface area contributed by atoms with Crippen LogP contribution in [0.15, 0.2) is 78.9 Å². The predicted molar refractivity (Wildman–Crippen MR) is 119 cm³/mol. The van der Waals surface area contributed by atoms with Crippen LogP contribution in [0.25, 0.3) is 34.2 Å². The number of phenols is 1. The maximum absolute atomic E-state index is 11.1. The number of benzene rings is 3. The van der Waals surface area contributed by atoms with Gasteiger partial charge in [0.15, 0.2) is 17.5 Å². The lowest BCUT2D eigenvalue weighted by molar-refractivity contribution is -0.117. The first kappa shape index (κ1) is 20.2. The fourth-order valence-electron chi connectivity index (χ4n) is 3.03. The third kappa shape index (κ3) is 4.93. The largest absolute Gasteiger partial charge is 0.507 e. The highest BCUT2D eigenvalue weighted by atomic mass is 16.5. The Morgan fingerprint density at radius 2 is 1.35 bits per heavy atom. The summed E-state index contributed by atoms with van der Waals surface area (Å²) in [6.45, 7) is 1.77. The number of ketones is 1. The average Bonchev–Trinajstić information content (AvgIpc) is 2.80. The molecule has 0 aliphatic carbocycles. The summed E-state index contributed by atoms with van der Waals surface area (Å²) < 4.78 is 5.54. The van der Waals surface area contributed by atoms with Crippen LogP contribution in [0.2, 0.25) is 0 Å². The lowest BCUT2D eigenvalue weighted by atomic mass is 10.1. The Kier molecular flexibility index (Phi) is 5.98. The Bertz CT molecular complexity index is 1140. The van der Waals surface area contributed by atoms with Crippen LogP contribution in [0.4, 0.5) is 0 Å². The lowest BCUT2D eigenvalue weighted by Crippen LogP contribution is -2.03. The fourth-order valence-corrected chi connectivity index (χ4v) is 3.03. The van der Waals surface area contributed by atoms with Crippen molar-refractivity contribution in [3.05, 3.63) is 78.9 Å². The van der Waals surface area contributed by atoms with E-state index in [1.54, 1.807) is 12.1 Å². The van der Waals surface area contributed by atoms with Crippen LogP contribution in [0.1, 0.15) is 13.3 Å². The number of nitrogens with zero attached hydrogens (tertiary/aromatic N) is 3. The fraction of sp³-hybridized carbons (Fsp3) is 0.120. The molecule has 1 aromatic heterocycles. The highest BCUT2D eigenvalue weighted by Crippen LogP contribution is 2.32. The van der Waals surface area contributed by atoms with Gasteiger partial charge in [-0.3, -0.25) is 4.79 Å². The standard InChI is InChI=1S/C25H21N3O3/c1-17(29)14-15-31-20-12-13-21(22(30)16-20)25-27-23(18-8-4-2-5-9-18)26-24(28-25)19-10-6-3-7-11-19/h2-13,16,30H,14-15H2,1H3. The highest BCUT2D eigenvalue weighted by Gasteiger charge is 2.15. The van der Waals surface area contributed by atoms with Gasteiger partial charge >= 0.3 is 0 Å². The van der Waals surface area contributed by atoms with Crippen LogP contribution in [0, 0.1) is 0 Å². The van der Waals surface area contributed by atoms with Gasteiger partial charge in [0.1, 0.15) is 17.3 Å². The van der Waals surface area contributed by atoms with Gasteiger partial charge in [0, 0.05) is 23.6 Å². The van der Waals surface area contributed by atoms with Crippen molar-refractivity contribution in [3.63, 3.8) is 0 Å². The minimum atomic E-state index is -0.00968. The van der Waals surface area contributed by atoms with E-state index in [2.05, 4.69) is 15.0 Å². The Labute approximate surface area is 180 Å². The predicted octanol–water partition coefficient (Wildman–Crippen LogP) is 4.94. The molecule has 0 fully saturated rings. The third-order valence-corrected chi connectivity index (χ3v) is 4.63. The van der Waals surface area contributed by atoms with Crippen LogP contribution in [0.3, 0.4) is 0 Å². The maximum Gasteiger partial charge on any atom is 0.167 e. The number of hydrogen-bond donors (Lipinski definition) is 1. The molecular formula is C25H21N3O3. The minimum absolute atomic E-state index is 0.00968. The molecule has 0 bridgehead atoms. The van der Waals surface area contributed by atoms with E-state index >= 15 is 0 Å². The van der Waals surface area contributed by atoms with Gasteiger partial charge < -0.3 is 9.84 Å². The molecule has 0 aliphatic rings. The van der Waals surface area contributed by atoms with E-state index in [9.17, 15) is 9.90 Å². The smallest absolute Gasteiger partial charge is 0.167 e. The molecule has 4 aromatic rings. The molecule has 31 heavy (non-hydrogen) atoms. The van der Waals surface area contributed by atoms with E-state index < -0.39 is 0 Å². The molecule has 1 heterocycles. The topological polar surface area (TPSA) is 85.2 Å². The summed E-state index contributed by atoms with van der Waals surface area (Å²) in [5.41, 5.74) is 2.18. The van der Waals surface area contributed by atoms with Crippen molar-refractivity contribution in [3.8, 4) is 45.7 Å². The van der Waals surface area contributed by atoms with Gasteiger partial charge in [0.05, 0.1) is 12.2 Å². The Hall–Kier alpha value is -4.06. The third-order valence-electron chi connectivity index (χ3n) is 4.63. The monoisotopic (exact) mass is 411 g/mol. The van der Waals surface area contributed by atoms with Crippen LogP contribution >= 0.6 is 0 Å². The number of Topliss-reactive ketones (excluding diaryl/α,β-unsaturated/α-hetero) is 1. The summed E-state index contributed by atoms with van der Waals surface area (Å²) in [5.74, 6) is 1.91. The second kappa shape index (κ2) is 9.17. The second-order valence-corrected chi connectivity index (χ2v) is 7.02. The SMILES string of the molecule is CC(=O)CCOc1ccc(-c2nc(-c3ccccc3)nc(-c3ccccc3)n2)c(O)c1. The molecule has 3 aromatic carbocycles. The average molecular weight is 411 g/mol. The lowest BCUT2D eigenvalue weighted by Gasteiger charge is -2.11. The van der Waals surface area contributed by atoms with Gasteiger partial charge in [-0.15, -0.1) is 0 Å². The summed E-state index contributed by atoms with van der Waals surface area (Å²) in [7, 11) is 0. The van der Waals surface area contributed by atoms with Gasteiger partial charge in [-0.25, -0.2) is 15.0 Å². The first-order chi connectivity index (χ1) is 15.1. The molecule has 0 aliphatic heterocycles. The Balaban J connectivity index is 1.74. The molecule has 0 radical (unpaired) electrons. The van der Waals surface area contributed by atoms with Crippen molar-refractivity contribution in [2.45, 2.75) is 13.3 Å². The molecule has 0 amide bonds. The first-order valence-electron chi connectivity index (χ1n) is 9.93. The molecule has 4 rings (SSSR count). The van der Waals surface area contributed by atoms with E-state index in [0.29, 0.717) is 35.2 Å². The maximum atomic E-state index is 11.1. The molecule has 0 saturated heterocycles. The molecule has 0 spiro atoms. The molecular weight excluding hydrogens is 390 g/mol. The second-order valence-electron chi connectivity index (χ2n) is 7.02. The number of phenolic OH excluding ortho intramolecular Hbond substituents is 1. The molecule has 0 saturated carbocycles. The zero-order valence-electron chi connectivity index (χ0n) is 17.0. The van der Waals surface area contributed by atoms with Gasteiger partial charge in [-0.05, 0) is 19.1 Å². The molecule has 154 valence electrons. The summed E-state index contributed by atoms with van der Waals surface area (Å²) in [4.78, 5) is 24.9. The molecule has 0 unspecified atom stereocenters. The number of carbonyl (C=O) groups excluding carboxylic acids is 1.